The van der Waals surface area contributed by atoms with Gasteiger partial charge in [0.25, 0.3) is 0 Å². The molecule has 1 aromatic rings. The van der Waals surface area contributed by atoms with E-state index in [9.17, 15) is 9.59 Å². The Morgan fingerprint density at radius 1 is 0.367 bits per heavy atom. The molecule has 0 amide bonds. The molecule has 0 saturated carbocycles. The van der Waals surface area contributed by atoms with Gasteiger partial charge in [-0.1, -0.05) is 206 Å². The maximum absolute atomic E-state index is 12.0. The highest BCUT2D eigenvalue weighted by Gasteiger charge is 2.09. The Labute approximate surface area is 370 Å². The minimum Gasteiger partial charge on any atom is -0.497 e. The van der Waals surface area contributed by atoms with Crippen LogP contribution in [0.4, 0.5) is 0 Å². The van der Waals surface area contributed by atoms with E-state index >= 15 is 0 Å². The van der Waals surface area contributed by atoms with Gasteiger partial charge in [-0.3, -0.25) is 9.59 Å². The third-order valence-electron chi connectivity index (χ3n) is 11.7. The summed E-state index contributed by atoms with van der Waals surface area (Å²) in [5.41, 5.74) is 0. The number of methoxy groups -OCH3 is 1. The number of unbranched alkanes of at least 4 members (excludes halogenated alkanes) is 32. The second-order valence-electron chi connectivity index (χ2n) is 17.5. The van der Waals surface area contributed by atoms with Crippen LogP contribution in [0, 0.1) is 0 Å². The Balaban J connectivity index is 1.95. The third-order valence-corrected chi connectivity index (χ3v) is 11.7. The summed E-state index contributed by atoms with van der Waals surface area (Å²) in [6.45, 7) is 7.08. The fraction of sp³-hybridized carbons (Fsp3) is 0.849. The first kappa shape index (κ1) is 55.6. The van der Waals surface area contributed by atoms with E-state index < -0.39 is 0 Å². The summed E-state index contributed by atoms with van der Waals surface area (Å²) in [7, 11) is 1.68. The van der Waals surface area contributed by atoms with Gasteiger partial charge in [-0.2, -0.15) is 0 Å². The lowest BCUT2D eigenvalue weighted by Crippen LogP contribution is -2.05. The Morgan fingerprint density at radius 2 is 0.667 bits per heavy atom. The predicted molar refractivity (Wildman–Crippen MR) is 253 cm³/mol. The monoisotopic (exact) mass is 845 g/mol. The molecule has 0 aliphatic carbocycles. The fourth-order valence-electron chi connectivity index (χ4n) is 7.77. The minimum absolute atomic E-state index is 0.0172. The molecule has 1 rings (SSSR count). The molecule has 0 radical (unpaired) electrons. The summed E-state index contributed by atoms with van der Waals surface area (Å²) in [6, 6.07) is 5.82. The lowest BCUT2D eigenvalue weighted by molar-refractivity contribution is -0.144. The highest BCUT2D eigenvalue weighted by atomic mass is 16.5. The molecular weight excluding hydrogens is 749 g/mol. The van der Waals surface area contributed by atoms with Gasteiger partial charge in [0.05, 0.1) is 33.5 Å². The van der Waals surface area contributed by atoms with Crippen molar-refractivity contribution in [2.45, 2.75) is 258 Å². The maximum atomic E-state index is 12.0. The molecule has 0 unspecified atom stereocenters. The zero-order chi connectivity index (χ0) is 43.2. The Bertz CT molecular complexity index is 1080. The summed E-state index contributed by atoms with van der Waals surface area (Å²) in [6.07, 6.45) is 45.2. The first-order valence-electron chi connectivity index (χ1n) is 25.9. The summed E-state index contributed by atoms with van der Waals surface area (Å²) >= 11 is 0. The SMILES string of the molecule is CCCCCCCCCCCCOC(=O)CCCCCCCCCCOc1ccc(OC)cc1OCCCCCCCCCCC(=O)OCCCCCCCCCCCC. The summed E-state index contributed by atoms with van der Waals surface area (Å²) in [4.78, 5) is 24.1. The molecule has 0 saturated heterocycles. The van der Waals surface area contributed by atoms with Crippen molar-refractivity contribution in [3.05, 3.63) is 18.2 Å². The normalized spacial score (nSPS) is 11.2. The fourth-order valence-corrected chi connectivity index (χ4v) is 7.77. The van der Waals surface area contributed by atoms with Gasteiger partial charge in [-0.25, -0.2) is 0 Å². The van der Waals surface area contributed by atoms with E-state index in [1.165, 1.54) is 167 Å². The van der Waals surface area contributed by atoms with Crippen molar-refractivity contribution in [1.29, 1.82) is 0 Å². The molecule has 0 atom stereocenters. The van der Waals surface area contributed by atoms with Crippen LogP contribution in [-0.2, 0) is 19.1 Å². The molecule has 1 aromatic carbocycles. The van der Waals surface area contributed by atoms with Crippen LogP contribution in [0.2, 0.25) is 0 Å². The van der Waals surface area contributed by atoms with Crippen LogP contribution in [0.15, 0.2) is 18.2 Å². The van der Waals surface area contributed by atoms with E-state index in [0.29, 0.717) is 39.3 Å². The van der Waals surface area contributed by atoms with Crippen LogP contribution >= 0.6 is 0 Å². The first-order valence-corrected chi connectivity index (χ1v) is 25.9. The Morgan fingerprint density at radius 3 is 1.02 bits per heavy atom. The van der Waals surface area contributed by atoms with E-state index in [4.69, 9.17) is 23.7 Å². The molecule has 60 heavy (non-hydrogen) atoms. The number of benzene rings is 1. The summed E-state index contributed by atoms with van der Waals surface area (Å²) < 4.78 is 28.7. The zero-order valence-electron chi connectivity index (χ0n) is 39.8. The predicted octanol–water partition coefficient (Wildman–Crippen LogP) is 16.4. The molecule has 7 heteroatoms. The van der Waals surface area contributed by atoms with Gasteiger partial charge < -0.3 is 23.7 Å². The van der Waals surface area contributed by atoms with Crippen molar-refractivity contribution in [2.75, 3.05) is 33.5 Å². The Kier molecular flexibility index (Phi) is 41.3. The van der Waals surface area contributed by atoms with Gasteiger partial charge in [0.15, 0.2) is 11.5 Å². The summed E-state index contributed by atoms with van der Waals surface area (Å²) in [5, 5.41) is 0. The number of ether oxygens (including phenoxy) is 5. The number of hydrogen-bond donors (Lipinski definition) is 0. The zero-order valence-corrected chi connectivity index (χ0v) is 39.8. The van der Waals surface area contributed by atoms with Gasteiger partial charge in [0.1, 0.15) is 5.75 Å². The Hall–Kier alpha value is -2.44. The molecule has 0 aliphatic heterocycles. The van der Waals surface area contributed by atoms with Crippen LogP contribution in [0.5, 0.6) is 17.2 Å². The molecule has 0 bridgehead atoms. The van der Waals surface area contributed by atoms with Gasteiger partial charge in [-0.05, 0) is 50.7 Å². The molecule has 0 aliphatic rings. The first-order chi connectivity index (χ1) is 29.6. The summed E-state index contributed by atoms with van der Waals surface area (Å²) in [5.74, 6) is 2.30. The molecule has 0 spiro atoms. The largest absolute Gasteiger partial charge is 0.497 e. The average molecular weight is 845 g/mol. The standard InChI is InChI=1S/C53H96O7/c1-4-6-8-10-12-14-18-26-32-38-46-59-52(54)40-34-28-22-16-20-24-30-36-44-57-50-43-42-49(56-3)48-51(50)58-45-37-31-25-21-17-23-29-35-41-53(55)60-47-39-33-27-19-15-13-11-9-7-5-2/h42-43,48H,4-41,44-47H2,1-3H3. The van der Waals surface area contributed by atoms with E-state index in [1.54, 1.807) is 7.11 Å². The van der Waals surface area contributed by atoms with Crippen LogP contribution in [0.1, 0.15) is 258 Å². The molecular formula is C53H96O7. The molecule has 0 fully saturated rings. The van der Waals surface area contributed by atoms with Crippen molar-refractivity contribution in [1.82, 2.24) is 0 Å². The van der Waals surface area contributed by atoms with Crippen LogP contribution in [-0.4, -0.2) is 45.5 Å². The van der Waals surface area contributed by atoms with E-state index in [0.717, 1.165) is 81.5 Å². The van der Waals surface area contributed by atoms with Crippen molar-refractivity contribution in [3.63, 3.8) is 0 Å². The molecule has 0 aromatic heterocycles. The van der Waals surface area contributed by atoms with Gasteiger partial charge in [-0.15, -0.1) is 0 Å². The number of carbonyl (C=O) groups excluding carboxylic acids is 2. The van der Waals surface area contributed by atoms with E-state index in [2.05, 4.69) is 13.8 Å². The van der Waals surface area contributed by atoms with Crippen LogP contribution in [0.25, 0.3) is 0 Å². The number of carbonyl (C=O) groups is 2. The van der Waals surface area contributed by atoms with E-state index in [-0.39, 0.29) is 11.9 Å². The van der Waals surface area contributed by atoms with Crippen molar-refractivity contribution < 1.29 is 33.3 Å². The third kappa shape index (κ3) is 37.3. The quantitative estimate of drug-likeness (QED) is 0.0477. The molecule has 0 N–H and O–H groups in total. The number of rotatable bonds is 47. The van der Waals surface area contributed by atoms with Gasteiger partial charge in [0, 0.05) is 18.9 Å². The highest BCUT2D eigenvalue weighted by Crippen LogP contribution is 2.32. The highest BCUT2D eigenvalue weighted by molar-refractivity contribution is 5.69. The smallest absolute Gasteiger partial charge is 0.305 e. The maximum Gasteiger partial charge on any atom is 0.305 e. The van der Waals surface area contributed by atoms with Crippen molar-refractivity contribution in [3.8, 4) is 17.2 Å². The lowest BCUT2D eigenvalue weighted by Gasteiger charge is -2.14. The van der Waals surface area contributed by atoms with Crippen LogP contribution in [0.3, 0.4) is 0 Å². The topological polar surface area (TPSA) is 80.3 Å². The minimum atomic E-state index is -0.0180. The lowest BCUT2D eigenvalue weighted by atomic mass is 10.1. The van der Waals surface area contributed by atoms with Gasteiger partial charge >= 0.3 is 11.9 Å². The number of hydrogen-bond acceptors (Lipinski definition) is 7. The molecule has 350 valence electrons. The van der Waals surface area contributed by atoms with E-state index in [1.807, 2.05) is 18.2 Å². The van der Waals surface area contributed by atoms with Crippen LogP contribution < -0.4 is 14.2 Å². The molecule has 0 heterocycles. The van der Waals surface area contributed by atoms with Gasteiger partial charge in [0.2, 0.25) is 0 Å². The second-order valence-corrected chi connectivity index (χ2v) is 17.5. The second kappa shape index (κ2) is 44.6. The number of esters is 2. The molecule has 7 nitrogen and oxygen atoms in total. The average Bonchev–Trinajstić information content (AvgIpc) is 3.25. The van der Waals surface area contributed by atoms with Crippen molar-refractivity contribution in [2.24, 2.45) is 0 Å². The van der Waals surface area contributed by atoms with Crippen molar-refractivity contribution >= 4 is 11.9 Å².